The summed E-state index contributed by atoms with van der Waals surface area (Å²) >= 11 is 0. The van der Waals surface area contributed by atoms with Crippen molar-refractivity contribution in [2.45, 2.75) is 26.6 Å². The molecule has 8 nitrogen and oxygen atoms in total. The van der Waals surface area contributed by atoms with Gasteiger partial charge in [0.1, 0.15) is 17.2 Å². The van der Waals surface area contributed by atoms with Gasteiger partial charge in [0.2, 0.25) is 0 Å². The van der Waals surface area contributed by atoms with E-state index < -0.39 is 17.6 Å². The molecule has 0 spiro atoms. The molecule has 11 heteroatoms. The van der Waals surface area contributed by atoms with Crippen LogP contribution in [-0.2, 0) is 12.7 Å². The van der Waals surface area contributed by atoms with Crippen molar-refractivity contribution < 1.29 is 27.5 Å². The van der Waals surface area contributed by atoms with Crippen molar-refractivity contribution in [2.75, 3.05) is 45.1 Å². The first-order valence-corrected chi connectivity index (χ1v) is 13.0. The summed E-state index contributed by atoms with van der Waals surface area (Å²) in [6.07, 6.45) is -3.14. The van der Waals surface area contributed by atoms with E-state index in [0.717, 1.165) is 31.3 Å². The predicted octanol–water partition coefficient (Wildman–Crippen LogP) is 4.95. The van der Waals surface area contributed by atoms with E-state index in [9.17, 15) is 22.8 Å². The SMILES string of the molecule is CCN1CCN(Cc2ccc(NC(=O)c3ccc(C)c(Oc4ccnc(C(=O)NC)c4)c3)cc2C(F)(F)F)CC1. The van der Waals surface area contributed by atoms with Crippen molar-refractivity contribution >= 4 is 17.5 Å². The van der Waals surface area contributed by atoms with Crippen molar-refractivity contribution in [1.29, 1.82) is 0 Å². The Morgan fingerprint density at radius 3 is 2.38 bits per heavy atom. The van der Waals surface area contributed by atoms with Crippen LogP contribution in [0.4, 0.5) is 18.9 Å². The van der Waals surface area contributed by atoms with Crippen LogP contribution in [0.25, 0.3) is 0 Å². The fourth-order valence-corrected chi connectivity index (χ4v) is 4.47. The first-order valence-electron chi connectivity index (χ1n) is 13.0. The van der Waals surface area contributed by atoms with Gasteiger partial charge in [0.25, 0.3) is 11.8 Å². The van der Waals surface area contributed by atoms with E-state index in [1.54, 1.807) is 25.1 Å². The molecule has 1 aliphatic rings. The Balaban J connectivity index is 1.50. The number of nitrogens with one attached hydrogen (secondary N) is 2. The molecular weight excluding hydrogens is 523 g/mol. The fourth-order valence-electron chi connectivity index (χ4n) is 4.47. The molecule has 1 saturated heterocycles. The Morgan fingerprint density at radius 1 is 0.975 bits per heavy atom. The van der Waals surface area contributed by atoms with Gasteiger partial charge in [0.15, 0.2) is 0 Å². The first-order chi connectivity index (χ1) is 19.1. The minimum Gasteiger partial charge on any atom is -0.457 e. The zero-order valence-corrected chi connectivity index (χ0v) is 22.6. The lowest BCUT2D eigenvalue weighted by Gasteiger charge is -2.34. The third-order valence-corrected chi connectivity index (χ3v) is 6.85. The summed E-state index contributed by atoms with van der Waals surface area (Å²) in [6, 6.07) is 11.7. The monoisotopic (exact) mass is 555 g/mol. The Hall–Kier alpha value is -3.96. The number of likely N-dealkylation sites (N-methyl/N-ethyl adjacent to an activating group) is 1. The third-order valence-electron chi connectivity index (χ3n) is 6.85. The third kappa shape index (κ3) is 7.16. The van der Waals surface area contributed by atoms with Crippen LogP contribution in [0.1, 0.15) is 44.5 Å². The molecule has 0 saturated carbocycles. The zero-order chi connectivity index (χ0) is 28.9. The number of benzene rings is 2. The molecule has 0 atom stereocenters. The number of hydrogen-bond acceptors (Lipinski definition) is 6. The number of amides is 2. The fraction of sp³-hybridized carbons (Fsp3) is 0.345. The van der Waals surface area contributed by atoms with Gasteiger partial charge in [-0.1, -0.05) is 19.1 Å². The maximum Gasteiger partial charge on any atom is 0.416 e. The number of alkyl halides is 3. The number of carbonyl (C=O) groups excluding carboxylic acids is 2. The molecule has 2 amide bonds. The lowest BCUT2D eigenvalue weighted by Crippen LogP contribution is -2.45. The molecule has 1 fully saturated rings. The minimum absolute atomic E-state index is 0.0456. The quantitative estimate of drug-likeness (QED) is 0.409. The molecule has 0 aliphatic carbocycles. The molecule has 0 radical (unpaired) electrons. The second-order valence-electron chi connectivity index (χ2n) is 9.57. The van der Waals surface area contributed by atoms with E-state index >= 15 is 0 Å². The summed E-state index contributed by atoms with van der Waals surface area (Å²) in [5.74, 6) is -0.257. The molecule has 1 aromatic heterocycles. The number of halogens is 3. The molecule has 1 aliphatic heterocycles. The van der Waals surface area contributed by atoms with E-state index in [-0.39, 0.29) is 35.0 Å². The maximum atomic E-state index is 14.0. The molecule has 4 rings (SSSR count). The van der Waals surface area contributed by atoms with Gasteiger partial charge in [-0.15, -0.1) is 0 Å². The zero-order valence-electron chi connectivity index (χ0n) is 22.6. The number of carbonyl (C=O) groups is 2. The topological polar surface area (TPSA) is 86.8 Å². The highest BCUT2D eigenvalue weighted by Gasteiger charge is 2.34. The summed E-state index contributed by atoms with van der Waals surface area (Å²) in [6.45, 7) is 8.02. The van der Waals surface area contributed by atoms with Gasteiger partial charge in [-0.25, -0.2) is 0 Å². The van der Waals surface area contributed by atoms with Crippen molar-refractivity contribution in [3.63, 3.8) is 0 Å². The van der Waals surface area contributed by atoms with Crippen molar-refractivity contribution in [3.8, 4) is 11.5 Å². The number of piperazine rings is 1. The molecule has 2 heterocycles. The van der Waals surface area contributed by atoms with E-state index in [1.165, 1.54) is 37.5 Å². The van der Waals surface area contributed by atoms with Crippen LogP contribution in [-0.4, -0.2) is 66.4 Å². The molecule has 2 N–H and O–H groups in total. The van der Waals surface area contributed by atoms with Crippen LogP contribution in [0.3, 0.4) is 0 Å². The summed E-state index contributed by atoms with van der Waals surface area (Å²) in [7, 11) is 1.49. The molecule has 3 aromatic rings. The standard InChI is InChI=1S/C29H32F3N5O3/c1-4-36-11-13-37(14-12-36)18-21-7-8-22(16-24(21)29(30,31)32)35-27(38)20-6-5-19(2)26(15-20)40-23-9-10-34-25(17-23)28(39)33-3/h5-10,15-17H,4,11-14,18H2,1-3H3,(H,33,39)(H,35,38). The molecule has 0 bridgehead atoms. The number of aryl methyl sites for hydroxylation is 1. The summed E-state index contributed by atoms with van der Waals surface area (Å²) < 4.78 is 47.8. The van der Waals surface area contributed by atoms with Gasteiger partial charge >= 0.3 is 6.18 Å². The van der Waals surface area contributed by atoms with Crippen LogP contribution in [0, 0.1) is 6.92 Å². The van der Waals surface area contributed by atoms with E-state index in [2.05, 4.69) is 27.4 Å². The van der Waals surface area contributed by atoms with Crippen LogP contribution >= 0.6 is 0 Å². The number of pyridine rings is 1. The Labute approximate surface area is 231 Å². The number of hydrogen-bond donors (Lipinski definition) is 2. The highest BCUT2D eigenvalue weighted by Crippen LogP contribution is 2.35. The van der Waals surface area contributed by atoms with Gasteiger partial charge in [-0.05, 0) is 54.9 Å². The highest BCUT2D eigenvalue weighted by molar-refractivity contribution is 6.04. The molecule has 212 valence electrons. The van der Waals surface area contributed by atoms with E-state index in [4.69, 9.17) is 4.74 Å². The Morgan fingerprint density at radius 2 is 1.70 bits per heavy atom. The second-order valence-corrected chi connectivity index (χ2v) is 9.57. The smallest absolute Gasteiger partial charge is 0.416 e. The highest BCUT2D eigenvalue weighted by atomic mass is 19.4. The summed E-state index contributed by atoms with van der Waals surface area (Å²) in [4.78, 5) is 33.2. The number of anilines is 1. The van der Waals surface area contributed by atoms with Gasteiger partial charge in [-0.2, -0.15) is 13.2 Å². The number of nitrogens with zero attached hydrogens (tertiary/aromatic N) is 3. The van der Waals surface area contributed by atoms with Crippen LogP contribution in [0.5, 0.6) is 11.5 Å². The van der Waals surface area contributed by atoms with Crippen molar-refractivity contribution in [3.05, 3.63) is 82.7 Å². The molecule has 40 heavy (non-hydrogen) atoms. The second kappa shape index (κ2) is 12.5. The average Bonchev–Trinajstić information content (AvgIpc) is 2.94. The summed E-state index contributed by atoms with van der Waals surface area (Å²) in [5, 5.41) is 5.07. The van der Waals surface area contributed by atoms with Gasteiger partial charge in [-0.3, -0.25) is 19.5 Å². The van der Waals surface area contributed by atoms with Crippen LogP contribution < -0.4 is 15.4 Å². The predicted molar refractivity (Wildman–Crippen MR) is 146 cm³/mol. The summed E-state index contributed by atoms with van der Waals surface area (Å²) in [5.41, 5.74) is 0.546. The van der Waals surface area contributed by atoms with Crippen LogP contribution in [0.2, 0.25) is 0 Å². The Kier molecular flexibility index (Phi) is 9.06. The lowest BCUT2D eigenvalue weighted by atomic mass is 10.0. The maximum absolute atomic E-state index is 14.0. The Bertz CT molecular complexity index is 1370. The first kappa shape index (κ1) is 29.0. The van der Waals surface area contributed by atoms with Gasteiger partial charge in [0.05, 0.1) is 5.56 Å². The minimum atomic E-state index is -4.57. The average molecular weight is 556 g/mol. The largest absolute Gasteiger partial charge is 0.457 e. The van der Waals surface area contributed by atoms with Gasteiger partial charge < -0.3 is 20.3 Å². The van der Waals surface area contributed by atoms with Gasteiger partial charge in [0, 0.05) is 63.3 Å². The van der Waals surface area contributed by atoms with Crippen LogP contribution in [0.15, 0.2) is 54.7 Å². The normalized spacial score (nSPS) is 14.6. The number of ether oxygens (including phenoxy) is 1. The molecule has 0 unspecified atom stereocenters. The molecular formula is C29H32F3N5O3. The van der Waals surface area contributed by atoms with E-state index in [0.29, 0.717) is 24.6 Å². The molecule has 2 aromatic carbocycles. The van der Waals surface area contributed by atoms with Crippen molar-refractivity contribution in [2.24, 2.45) is 0 Å². The number of aromatic nitrogens is 1. The number of rotatable bonds is 8. The van der Waals surface area contributed by atoms with Crippen molar-refractivity contribution in [1.82, 2.24) is 20.1 Å². The lowest BCUT2D eigenvalue weighted by molar-refractivity contribution is -0.138. The van der Waals surface area contributed by atoms with E-state index in [1.807, 2.05) is 4.90 Å².